The summed E-state index contributed by atoms with van der Waals surface area (Å²) in [6.07, 6.45) is 0.887. The Kier molecular flexibility index (Phi) is 5.18. The molecule has 2 aromatic carbocycles. The molecular weight excluding hydrogens is 328 g/mol. The predicted octanol–water partition coefficient (Wildman–Crippen LogP) is 3.07. The van der Waals surface area contributed by atoms with Crippen LogP contribution in [0.15, 0.2) is 54.6 Å². The molecule has 1 fully saturated rings. The minimum absolute atomic E-state index is 0.0143. The summed E-state index contributed by atoms with van der Waals surface area (Å²) in [4.78, 5) is 26.6. The number of nitriles is 1. The topological polar surface area (TPSA) is 85.2 Å². The first-order chi connectivity index (χ1) is 12.6. The lowest BCUT2D eigenvalue weighted by molar-refractivity contribution is -0.118. The van der Waals surface area contributed by atoms with Crippen LogP contribution in [-0.2, 0) is 11.2 Å². The maximum absolute atomic E-state index is 12.7. The molecule has 0 spiro atoms. The molecule has 2 aromatic rings. The van der Waals surface area contributed by atoms with E-state index >= 15 is 0 Å². The average molecular weight is 348 g/mol. The van der Waals surface area contributed by atoms with Crippen molar-refractivity contribution in [3.8, 4) is 6.07 Å². The average Bonchev–Trinajstić information content (AvgIpc) is 2.91. The molecule has 0 aliphatic carbocycles. The Morgan fingerprint density at radius 2 is 1.88 bits per heavy atom. The fraction of sp³-hybridized carbons (Fsp3) is 0.250. The third kappa shape index (κ3) is 3.83. The zero-order valence-electron chi connectivity index (χ0n) is 14.5. The van der Waals surface area contributed by atoms with Gasteiger partial charge in [-0.05, 0) is 43.2 Å². The molecule has 6 heteroatoms. The molecule has 0 aromatic heterocycles. The highest BCUT2D eigenvalue weighted by atomic mass is 16.2. The van der Waals surface area contributed by atoms with E-state index < -0.39 is 12.1 Å². The SMILES string of the molecule is C[C@@H]1C[C@H](NC(=O)Nc2ccc(CC#N)cc2)C(=O)N1c1ccccc1. The Morgan fingerprint density at radius 1 is 1.19 bits per heavy atom. The molecule has 1 saturated heterocycles. The Morgan fingerprint density at radius 3 is 2.54 bits per heavy atom. The van der Waals surface area contributed by atoms with Gasteiger partial charge in [0.2, 0.25) is 5.91 Å². The van der Waals surface area contributed by atoms with Crippen LogP contribution in [0.4, 0.5) is 16.2 Å². The number of nitrogens with zero attached hydrogens (tertiary/aromatic N) is 2. The standard InChI is InChI=1S/C20H20N4O2/c1-14-13-18(19(25)24(14)17-5-3-2-4-6-17)23-20(26)22-16-9-7-15(8-10-16)11-12-21/h2-10,14,18H,11,13H2,1H3,(H2,22,23,26)/t14-,18+/m1/s1. The fourth-order valence-corrected chi connectivity index (χ4v) is 3.15. The van der Waals surface area contributed by atoms with Crippen molar-refractivity contribution in [2.45, 2.75) is 31.8 Å². The van der Waals surface area contributed by atoms with Crippen LogP contribution < -0.4 is 15.5 Å². The molecule has 3 rings (SSSR count). The number of hydrogen-bond donors (Lipinski definition) is 2. The van der Waals surface area contributed by atoms with Gasteiger partial charge >= 0.3 is 6.03 Å². The quantitative estimate of drug-likeness (QED) is 0.890. The molecule has 1 aliphatic rings. The Hall–Kier alpha value is -3.33. The number of carbonyl (C=O) groups is 2. The van der Waals surface area contributed by atoms with Gasteiger partial charge in [-0.1, -0.05) is 30.3 Å². The summed E-state index contributed by atoms with van der Waals surface area (Å²) in [7, 11) is 0. The maximum Gasteiger partial charge on any atom is 0.319 e. The number of para-hydroxylation sites is 1. The molecule has 6 nitrogen and oxygen atoms in total. The van der Waals surface area contributed by atoms with Crippen LogP contribution in [0, 0.1) is 11.3 Å². The van der Waals surface area contributed by atoms with Crippen LogP contribution in [0.3, 0.4) is 0 Å². The van der Waals surface area contributed by atoms with E-state index in [0.717, 1.165) is 11.3 Å². The Balaban J connectivity index is 1.61. The molecule has 0 radical (unpaired) electrons. The minimum atomic E-state index is -0.553. The summed E-state index contributed by atoms with van der Waals surface area (Å²) in [5.41, 5.74) is 2.34. The number of carbonyl (C=O) groups excluding carboxylic acids is 2. The van der Waals surface area contributed by atoms with Crippen LogP contribution in [0.25, 0.3) is 0 Å². The van der Waals surface area contributed by atoms with Gasteiger partial charge in [0.1, 0.15) is 6.04 Å². The van der Waals surface area contributed by atoms with Crippen LogP contribution in [0.1, 0.15) is 18.9 Å². The van der Waals surface area contributed by atoms with E-state index in [4.69, 9.17) is 5.26 Å². The second-order valence-electron chi connectivity index (χ2n) is 6.31. The Labute approximate surface area is 152 Å². The van der Waals surface area contributed by atoms with Crippen LogP contribution in [0.2, 0.25) is 0 Å². The molecule has 0 saturated carbocycles. The first-order valence-corrected chi connectivity index (χ1v) is 8.50. The van der Waals surface area contributed by atoms with Crippen molar-refractivity contribution in [1.29, 1.82) is 5.26 Å². The summed E-state index contributed by atoms with van der Waals surface area (Å²) >= 11 is 0. The molecule has 26 heavy (non-hydrogen) atoms. The van der Waals surface area contributed by atoms with Gasteiger partial charge in [-0.3, -0.25) is 4.79 Å². The lowest BCUT2D eigenvalue weighted by Gasteiger charge is -2.21. The molecule has 3 amide bonds. The van der Waals surface area contributed by atoms with Gasteiger partial charge in [0.25, 0.3) is 0 Å². The van der Waals surface area contributed by atoms with E-state index in [2.05, 4.69) is 16.7 Å². The minimum Gasteiger partial charge on any atom is -0.326 e. The fourth-order valence-electron chi connectivity index (χ4n) is 3.15. The van der Waals surface area contributed by atoms with E-state index in [-0.39, 0.29) is 11.9 Å². The number of hydrogen-bond acceptors (Lipinski definition) is 3. The number of nitrogens with one attached hydrogen (secondary N) is 2. The van der Waals surface area contributed by atoms with Gasteiger partial charge in [-0.15, -0.1) is 0 Å². The van der Waals surface area contributed by atoms with Crippen LogP contribution in [0.5, 0.6) is 0 Å². The first kappa shape index (κ1) is 17.5. The largest absolute Gasteiger partial charge is 0.326 e. The van der Waals surface area contributed by atoms with Gasteiger partial charge in [0.15, 0.2) is 0 Å². The first-order valence-electron chi connectivity index (χ1n) is 8.50. The highest BCUT2D eigenvalue weighted by Crippen LogP contribution is 2.26. The van der Waals surface area contributed by atoms with Crippen molar-refractivity contribution in [3.63, 3.8) is 0 Å². The summed E-state index contributed by atoms with van der Waals surface area (Å²) < 4.78 is 0. The highest BCUT2D eigenvalue weighted by molar-refractivity contribution is 6.03. The summed E-state index contributed by atoms with van der Waals surface area (Å²) in [5.74, 6) is -0.108. The summed E-state index contributed by atoms with van der Waals surface area (Å²) in [6, 6.07) is 17.6. The van der Waals surface area contributed by atoms with Crippen molar-refractivity contribution in [3.05, 3.63) is 60.2 Å². The van der Waals surface area contributed by atoms with Crippen molar-refractivity contribution in [2.24, 2.45) is 0 Å². The van der Waals surface area contributed by atoms with Crippen LogP contribution in [-0.4, -0.2) is 24.0 Å². The lowest BCUT2D eigenvalue weighted by atomic mass is 10.1. The zero-order valence-corrected chi connectivity index (χ0v) is 14.5. The zero-order chi connectivity index (χ0) is 18.5. The van der Waals surface area contributed by atoms with Crippen LogP contribution >= 0.6 is 0 Å². The van der Waals surface area contributed by atoms with Gasteiger partial charge in [-0.2, -0.15) is 5.26 Å². The van der Waals surface area contributed by atoms with Crippen molar-refractivity contribution < 1.29 is 9.59 Å². The molecule has 132 valence electrons. The van der Waals surface area contributed by atoms with E-state index in [1.165, 1.54) is 0 Å². The molecule has 1 heterocycles. The molecule has 0 bridgehead atoms. The lowest BCUT2D eigenvalue weighted by Crippen LogP contribution is -2.43. The highest BCUT2D eigenvalue weighted by Gasteiger charge is 2.38. The van der Waals surface area contributed by atoms with E-state index in [1.54, 1.807) is 29.2 Å². The molecule has 1 aliphatic heterocycles. The van der Waals surface area contributed by atoms with E-state index in [9.17, 15) is 9.59 Å². The van der Waals surface area contributed by atoms with Gasteiger partial charge in [0, 0.05) is 17.4 Å². The number of urea groups is 1. The summed E-state index contributed by atoms with van der Waals surface area (Å²) in [6.45, 7) is 1.97. The van der Waals surface area contributed by atoms with Gasteiger partial charge in [0.05, 0.1) is 12.5 Å². The summed E-state index contributed by atoms with van der Waals surface area (Å²) in [5, 5.41) is 14.2. The number of benzene rings is 2. The van der Waals surface area contributed by atoms with Gasteiger partial charge < -0.3 is 15.5 Å². The Bertz CT molecular complexity index is 827. The third-order valence-electron chi connectivity index (χ3n) is 4.39. The molecule has 2 atom stereocenters. The maximum atomic E-state index is 12.7. The molecular formula is C20H20N4O2. The number of rotatable bonds is 4. The van der Waals surface area contributed by atoms with E-state index in [0.29, 0.717) is 18.5 Å². The smallest absolute Gasteiger partial charge is 0.319 e. The third-order valence-corrected chi connectivity index (χ3v) is 4.39. The molecule has 2 N–H and O–H groups in total. The normalized spacial score (nSPS) is 19.1. The molecule has 0 unspecified atom stereocenters. The van der Waals surface area contributed by atoms with Crippen molar-refractivity contribution >= 4 is 23.3 Å². The second kappa shape index (κ2) is 7.70. The number of anilines is 2. The van der Waals surface area contributed by atoms with Gasteiger partial charge in [-0.25, -0.2) is 4.79 Å². The number of amides is 3. The van der Waals surface area contributed by atoms with Crippen molar-refractivity contribution in [2.75, 3.05) is 10.2 Å². The monoisotopic (exact) mass is 348 g/mol. The van der Waals surface area contributed by atoms with E-state index in [1.807, 2.05) is 37.3 Å². The van der Waals surface area contributed by atoms with Crippen molar-refractivity contribution in [1.82, 2.24) is 5.32 Å². The predicted molar refractivity (Wildman–Crippen MR) is 99.7 cm³/mol. The second-order valence-corrected chi connectivity index (χ2v) is 6.31.